The molecule has 6 nitrogen and oxygen atoms in total. The summed E-state index contributed by atoms with van der Waals surface area (Å²) in [5.74, 6) is 8.64. The highest BCUT2D eigenvalue weighted by molar-refractivity contribution is 5.88. The van der Waals surface area contributed by atoms with E-state index in [1.807, 2.05) is 10.9 Å². The zero-order valence-corrected chi connectivity index (χ0v) is 6.54. The fourth-order valence-electron chi connectivity index (χ4n) is 1.34. The van der Waals surface area contributed by atoms with Gasteiger partial charge in [0.05, 0.1) is 11.8 Å². The van der Waals surface area contributed by atoms with Crippen molar-refractivity contribution >= 4 is 11.8 Å². The summed E-state index contributed by atoms with van der Waals surface area (Å²) in [5.41, 5.74) is 4.03. The third-order valence-corrected chi connectivity index (χ3v) is 2.23. The predicted molar refractivity (Wildman–Crippen MR) is 40.9 cm³/mol. The molecule has 2 amide bonds. The smallest absolute Gasteiger partial charge is 0.237 e. The molecule has 12 heavy (non-hydrogen) atoms. The fraction of sp³-hybridized carbons (Fsp3) is 0.667. The van der Waals surface area contributed by atoms with E-state index < -0.39 is 0 Å². The number of amides is 2. The van der Waals surface area contributed by atoms with E-state index in [9.17, 15) is 9.59 Å². The lowest BCUT2D eigenvalue weighted by molar-refractivity contribution is -0.140. The van der Waals surface area contributed by atoms with E-state index in [-0.39, 0.29) is 23.7 Å². The molecule has 2 unspecified atom stereocenters. The molecule has 0 saturated heterocycles. The Hall–Kier alpha value is -1.14. The first-order valence-corrected chi connectivity index (χ1v) is 3.71. The Labute approximate surface area is 69.6 Å². The average molecular weight is 172 g/mol. The Kier molecular flexibility index (Phi) is 2.61. The molecule has 0 bridgehead atoms. The summed E-state index contributed by atoms with van der Waals surface area (Å²) >= 11 is 0. The van der Waals surface area contributed by atoms with Crippen LogP contribution in [0.1, 0.15) is 12.8 Å². The molecular weight excluding hydrogens is 160 g/mol. The van der Waals surface area contributed by atoms with Crippen LogP contribution in [0.3, 0.4) is 0 Å². The van der Waals surface area contributed by atoms with Crippen molar-refractivity contribution in [2.24, 2.45) is 23.5 Å². The van der Waals surface area contributed by atoms with Crippen molar-refractivity contribution in [3.05, 3.63) is 0 Å². The quantitative estimate of drug-likeness (QED) is 0.219. The Balaban J connectivity index is 2.49. The summed E-state index contributed by atoms with van der Waals surface area (Å²) in [6.45, 7) is 0. The molecule has 0 spiro atoms. The third-order valence-electron chi connectivity index (χ3n) is 2.23. The number of hydrogen-bond acceptors (Lipinski definition) is 4. The fourth-order valence-corrected chi connectivity index (χ4v) is 1.34. The van der Waals surface area contributed by atoms with E-state index in [4.69, 9.17) is 11.7 Å². The largest absolute Gasteiger partial charge is 0.294 e. The highest BCUT2D eigenvalue weighted by atomic mass is 16.2. The maximum Gasteiger partial charge on any atom is 0.237 e. The molecule has 0 aliphatic heterocycles. The van der Waals surface area contributed by atoms with Crippen LogP contribution in [-0.4, -0.2) is 11.8 Å². The van der Waals surface area contributed by atoms with Crippen molar-refractivity contribution in [3.8, 4) is 0 Å². The summed E-state index contributed by atoms with van der Waals surface area (Å²) in [5, 5.41) is 0. The number of hydrogen-bond donors (Lipinski definition) is 4. The Morgan fingerprint density at radius 2 is 1.33 bits per heavy atom. The normalized spacial score (nSPS) is 27.2. The van der Waals surface area contributed by atoms with Crippen LogP contribution >= 0.6 is 0 Å². The molecule has 1 rings (SSSR count). The molecule has 0 aromatic carbocycles. The van der Waals surface area contributed by atoms with Gasteiger partial charge in [-0.05, 0) is 12.8 Å². The van der Waals surface area contributed by atoms with Crippen LogP contribution in [-0.2, 0) is 9.59 Å². The van der Waals surface area contributed by atoms with Crippen LogP contribution in [0.25, 0.3) is 0 Å². The minimum absolute atomic E-state index is 0.296. The summed E-state index contributed by atoms with van der Waals surface area (Å²) in [6, 6.07) is 0. The van der Waals surface area contributed by atoms with Gasteiger partial charge in [0.2, 0.25) is 11.8 Å². The van der Waals surface area contributed by atoms with Gasteiger partial charge in [0.15, 0.2) is 0 Å². The lowest BCUT2D eigenvalue weighted by Crippen LogP contribution is -2.50. The maximum atomic E-state index is 11.0. The molecule has 0 aromatic heterocycles. The zero-order chi connectivity index (χ0) is 9.14. The number of carbonyl (C=O) groups excluding carboxylic acids is 2. The zero-order valence-electron chi connectivity index (χ0n) is 6.54. The second kappa shape index (κ2) is 3.51. The number of rotatable bonds is 2. The molecule has 6 heteroatoms. The van der Waals surface area contributed by atoms with Crippen LogP contribution in [0.15, 0.2) is 0 Å². The van der Waals surface area contributed by atoms with Crippen LogP contribution < -0.4 is 22.5 Å². The van der Waals surface area contributed by atoms with Gasteiger partial charge < -0.3 is 0 Å². The summed E-state index contributed by atoms with van der Waals surface area (Å²) < 4.78 is 0. The monoisotopic (exact) mass is 172 g/mol. The third kappa shape index (κ3) is 1.39. The molecule has 6 N–H and O–H groups in total. The van der Waals surface area contributed by atoms with E-state index >= 15 is 0 Å². The van der Waals surface area contributed by atoms with Gasteiger partial charge in [0, 0.05) is 0 Å². The molecule has 1 aliphatic rings. The second-order valence-electron chi connectivity index (χ2n) is 2.81. The van der Waals surface area contributed by atoms with Crippen LogP contribution in [0.4, 0.5) is 0 Å². The molecule has 1 aliphatic carbocycles. The first-order valence-electron chi connectivity index (χ1n) is 3.71. The Bertz CT molecular complexity index is 184. The molecule has 1 fully saturated rings. The first kappa shape index (κ1) is 8.95. The minimum Gasteiger partial charge on any atom is -0.294 e. The van der Waals surface area contributed by atoms with Crippen LogP contribution in [0, 0.1) is 11.8 Å². The van der Waals surface area contributed by atoms with E-state index in [1.54, 1.807) is 0 Å². The van der Waals surface area contributed by atoms with Gasteiger partial charge in [-0.25, -0.2) is 11.7 Å². The molecule has 0 radical (unpaired) electrons. The minimum atomic E-state index is -0.307. The SMILES string of the molecule is NNC(=O)C1CCC1C(=O)NN. The molecule has 2 atom stereocenters. The number of hydrazine groups is 2. The van der Waals surface area contributed by atoms with Gasteiger partial charge in [0.25, 0.3) is 0 Å². The van der Waals surface area contributed by atoms with Crippen molar-refractivity contribution in [3.63, 3.8) is 0 Å². The molecular formula is C6H12N4O2. The lowest BCUT2D eigenvalue weighted by Gasteiger charge is -2.32. The van der Waals surface area contributed by atoms with E-state index in [2.05, 4.69) is 0 Å². The average Bonchev–Trinajstić information content (AvgIpc) is 2.02. The number of nitrogens with one attached hydrogen (secondary N) is 2. The van der Waals surface area contributed by atoms with Crippen LogP contribution in [0.2, 0.25) is 0 Å². The van der Waals surface area contributed by atoms with Gasteiger partial charge in [-0.1, -0.05) is 0 Å². The Morgan fingerprint density at radius 3 is 1.50 bits per heavy atom. The highest BCUT2D eigenvalue weighted by Gasteiger charge is 2.40. The van der Waals surface area contributed by atoms with Gasteiger partial charge in [-0.2, -0.15) is 0 Å². The Morgan fingerprint density at radius 1 is 1.00 bits per heavy atom. The topological polar surface area (TPSA) is 110 Å². The van der Waals surface area contributed by atoms with Crippen molar-refractivity contribution in [2.45, 2.75) is 12.8 Å². The van der Waals surface area contributed by atoms with Crippen molar-refractivity contribution in [1.29, 1.82) is 0 Å². The van der Waals surface area contributed by atoms with E-state index in [0.29, 0.717) is 12.8 Å². The van der Waals surface area contributed by atoms with Crippen molar-refractivity contribution < 1.29 is 9.59 Å². The number of carbonyl (C=O) groups is 2. The van der Waals surface area contributed by atoms with Crippen molar-refractivity contribution in [2.75, 3.05) is 0 Å². The lowest BCUT2D eigenvalue weighted by atomic mass is 9.73. The predicted octanol–water partition coefficient (Wildman–Crippen LogP) is -2.01. The van der Waals surface area contributed by atoms with E-state index in [1.165, 1.54) is 0 Å². The first-order chi connectivity index (χ1) is 5.70. The molecule has 0 aromatic rings. The van der Waals surface area contributed by atoms with Crippen molar-refractivity contribution in [1.82, 2.24) is 10.9 Å². The second-order valence-corrected chi connectivity index (χ2v) is 2.81. The summed E-state index contributed by atoms with van der Waals surface area (Å²) in [6.07, 6.45) is 1.39. The molecule has 68 valence electrons. The summed E-state index contributed by atoms with van der Waals surface area (Å²) in [7, 11) is 0. The standard InChI is InChI=1S/C6H12N4O2/c7-9-5(11)3-1-2-4(3)6(12)10-8/h3-4H,1-2,7-8H2,(H,9,11)(H,10,12). The van der Waals surface area contributed by atoms with Gasteiger partial charge in [0.1, 0.15) is 0 Å². The van der Waals surface area contributed by atoms with Crippen LogP contribution in [0.5, 0.6) is 0 Å². The van der Waals surface area contributed by atoms with Gasteiger partial charge in [-0.15, -0.1) is 0 Å². The molecule has 0 heterocycles. The van der Waals surface area contributed by atoms with Gasteiger partial charge in [-0.3, -0.25) is 20.4 Å². The van der Waals surface area contributed by atoms with Gasteiger partial charge >= 0.3 is 0 Å². The highest BCUT2D eigenvalue weighted by Crippen LogP contribution is 2.34. The maximum absolute atomic E-state index is 11.0. The summed E-state index contributed by atoms with van der Waals surface area (Å²) in [4.78, 5) is 21.9. The van der Waals surface area contributed by atoms with E-state index in [0.717, 1.165) is 0 Å². The molecule has 1 saturated carbocycles. The number of nitrogens with two attached hydrogens (primary N) is 2.